The van der Waals surface area contributed by atoms with E-state index in [1.54, 1.807) is 12.1 Å². The number of carbonyl (C=O) groups is 2. The lowest BCUT2D eigenvalue weighted by Gasteiger charge is -2.61. The molecule has 0 spiro atoms. The molecule has 5 aliphatic rings. The highest BCUT2D eigenvalue weighted by Crippen LogP contribution is 2.73. The fraction of sp³-hybridized carbons (Fsp3) is 0.655. The number of aliphatic hydroxyl groups is 1. The third-order valence-corrected chi connectivity index (χ3v) is 10.5. The Kier molecular flexibility index (Phi) is 4.88. The molecule has 0 saturated heterocycles. The van der Waals surface area contributed by atoms with E-state index < -0.39 is 5.60 Å². The van der Waals surface area contributed by atoms with Crippen LogP contribution in [-0.4, -0.2) is 34.9 Å². The van der Waals surface area contributed by atoms with Gasteiger partial charge < -0.3 is 14.6 Å². The largest absolute Gasteiger partial charge is 0.462 e. The van der Waals surface area contributed by atoms with Gasteiger partial charge in [-0.25, -0.2) is 4.79 Å². The summed E-state index contributed by atoms with van der Waals surface area (Å²) in [5, 5.41) is 11.9. The van der Waals surface area contributed by atoms with Crippen LogP contribution in [0.3, 0.4) is 0 Å². The average Bonchev–Trinajstić information content (AvgIpc) is 3.53. The molecule has 5 heteroatoms. The van der Waals surface area contributed by atoms with Crippen molar-refractivity contribution in [3.63, 3.8) is 0 Å². The molecule has 5 nitrogen and oxygen atoms in total. The Balaban J connectivity index is 1.24. The van der Waals surface area contributed by atoms with Crippen LogP contribution in [0.25, 0.3) is 0 Å². The van der Waals surface area contributed by atoms with Crippen molar-refractivity contribution in [2.45, 2.75) is 77.1 Å². The van der Waals surface area contributed by atoms with Crippen molar-refractivity contribution < 1.29 is 24.2 Å². The Labute approximate surface area is 201 Å². The van der Waals surface area contributed by atoms with E-state index in [4.69, 9.17) is 9.47 Å². The summed E-state index contributed by atoms with van der Waals surface area (Å²) in [5.41, 5.74) is -0.638. The Morgan fingerprint density at radius 1 is 1.03 bits per heavy atom. The standard InChI is InChI=1S/C29H36O5/c1-17(30)33-25-22-15-21(22)24-20-10-14-29(32)16-19(34-26(31)18-7-5-4-6-8-18)9-13-28(29,3)23(20)11-12-27(24,25)2/h4-8,10,14,19-25,32H,9,11-13,15-16H2,1-3H3/t19-,20+,21+,22-,23-,24+,25-,27-,28+,29-/m0/s1. The molecule has 0 heterocycles. The second kappa shape index (κ2) is 7.43. The highest BCUT2D eigenvalue weighted by Gasteiger charge is 2.72. The number of hydrogen-bond donors (Lipinski definition) is 1. The van der Waals surface area contributed by atoms with Gasteiger partial charge in [-0.1, -0.05) is 44.2 Å². The summed E-state index contributed by atoms with van der Waals surface area (Å²) in [5.74, 6) is 1.96. The first-order chi connectivity index (χ1) is 16.2. The monoisotopic (exact) mass is 464 g/mol. The zero-order valence-electron chi connectivity index (χ0n) is 20.4. The minimum Gasteiger partial charge on any atom is -0.462 e. The van der Waals surface area contributed by atoms with E-state index in [1.807, 2.05) is 24.3 Å². The first-order valence-corrected chi connectivity index (χ1v) is 13.0. The summed E-state index contributed by atoms with van der Waals surface area (Å²) in [7, 11) is 0. The van der Waals surface area contributed by atoms with E-state index in [-0.39, 0.29) is 35.0 Å². The van der Waals surface area contributed by atoms with Gasteiger partial charge in [0.25, 0.3) is 0 Å². The molecule has 182 valence electrons. The maximum Gasteiger partial charge on any atom is 0.338 e. The van der Waals surface area contributed by atoms with Gasteiger partial charge in [-0.05, 0) is 73.8 Å². The van der Waals surface area contributed by atoms with Gasteiger partial charge in [-0.3, -0.25) is 4.79 Å². The van der Waals surface area contributed by atoms with Crippen LogP contribution in [0, 0.1) is 40.4 Å². The summed E-state index contributed by atoms with van der Waals surface area (Å²) in [6.07, 6.45) is 9.37. The van der Waals surface area contributed by atoms with E-state index >= 15 is 0 Å². The number of rotatable bonds is 3. The molecule has 10 atom stereocenters. The quantitative estimate of drug-likeness (QED) is 0.507. The second-order valence-corrected chi connectivity index (χ2v) is 12.2. The number of benzene rings is 1. The van der Waals surface area contributed by atoms with Crippen molar-refractivity contribution in [2.24, 2.45) is 40.4 Å². The first-order valence-electron chi connectivity index (χ1n) is 13.0. The molecule has 1 N–H and O–H groups in total. The van der Waals surface area contributed by atoms with Crippen LogP contribution < -0.4 is 0 Å². The molecule has 1 aromatic rings. The summed E-state index contributed by atoms with van der Waals surface area (Å²) in [4.78, 5) is 24.5. The van der Waals surface area contributed by atoms with Gasteiger partial charge >= 0.3 is 11.9 Å². The molecule has 6 rings (SSSR count). The fourth-order valence-corrected chi connectivity index (χ4v) is 8.79. The van der Waals surface area contributed by atoms with E-state index in [0.29, 0.717) is 41.6 Å². The molecule has 4 fully saturated rings. The first kappa shape index (κ1) is 22.3. The van der Waals surface area contributed by atoms with Crippen molar-refractivity contribution in [3.05, 3.63) is 48.0 Å². The number of esters is 2. The van der Waals surface area contributed by atoms with Gasteiger partial charge in [0.1, 0.15) is 12.2 Å². The summed E-state index contributed by atoms with van der Waals surface area (Å²) >= 11 is 0. The molecule has 0 radical (unpaired) electrons. The van der Waals surface area contributed by atoms with E-state index in [9.17, 15) is 14.7 Å². The van der Waals surface area contributed by atoms with Gasteiger partial charge in [0.15, 0.2) is 0 Å². The highest BCUT2D eigenvalue weighted by atomic mass is 16.5. The van der Waals surface area contributed by atoms with Gasteiger partial charge in [0, 0.05) is 24.2 Å². The highest BCUT2D eigenvalue weighted by molar-refractivity contribution is 5.89. The number of ether oxygens (including phenoxy) is 2. The van der Waals surface area contributed by atoms with Gasteiger partial charge in [0.2, 0.25) is 0 Å². The fourth-order valence-electron chi connectivity index (χ4n) is 8.79. The molecule has 34 heavy (non-hydrogen) atoms. The molecule has 4 saturated carbocycles. The second-order valence-electron chi connectivity index (χ2n) is 12.2. The van der Waals surface area contributed by atoms with Crippen molar-refractivity contribution in [1.82, 2.24) is 0 Å². The lowest BCUT2D eigenvalue weighted by molar-refractivity contribution is -0.180. The van der Waals surface area contributed by atoms with Crippen molar-refractivity contribution in [3.8, 4) is 0 Å². The molecule has 0 unspecified atom stereocenters. The Hall–Kier alpha value is -2.14. The van der Waals surface area contributed by atoms with Crippen molar-refractivity contribution in [2.75, 3.05) is 0 Å². The summed E-state index contributed by atoms with van der Waals surface area (Å²) in [6, 6.07) is 9.09. The number of carbonyl (C=O) groups excluding carboxylic acids is 2. The minimum absolute atomic E-state index is 0.0268. The molecule has 0 bridgehead atoms. The SMILES string of the molecule is CC(=O)O[C@H]1[C@H]2C[C@H]2[C@H]2[C@@H]3C=C[C@]4(O)C[C@@H](OC(=O)c5ccccc5)CC[C@]4(C)[C@H]3CC[C@@]21C. The maximum atomic E-state index is 12.6. The molecular formula is C29H36O5. The Morgan fingerprint density at radius 2 is 1.79 bits per heavy atom. The van der Waals surface area contributed by atoms with Crippen LogP contribution in [0.1, 0.15) is 69.7 Å². The molecule has 0 aliphatic heterocycles. The predicted octanol–water partition coefficient (Wildman–Crippen LogP) is 4.93. The average molecular weight is 465 g/mol. The lowest BCUT2D eigenvalue weighted by atomic mass is 9.45. The number of hydrogen-bond acceptors (Lipinski definition) is 5. The predicted molar refractivity (Wildman–Crippen MR) is 127 cm³/mol. The normalized spacial score (nSPS) is 48.1. The Morgan fingerprint density at radius 3 is 2.53 bits per heavy atom. The zero-order valence-corrected chi connectivity index (χ0v) is 20.4. The number of allylic oxidation sites excluding steroid dienone is 1. The molecule has 1 aromatic carbocycles. The maximum absolute atomic E-state index is 12.6. The van der Waals surface area contributed by atoms with Crippen molar-refractivity contribution >= 4 is 11.9 Å². The van der Waals surface area contributed by atoms with Crippen molar-refractivity contribution in [1.29, 1.82) is 0 Å². The van der Waals surface area contributed by atoms with Gasteiger partial charge in [0.05, 0.1) is 11.2 Å². The minimum atomic E-state index is -0.974. The van der Waals surface area contributed by atoms with Gasteiger partial charge in [-0.2, -0.15) is 0 Å². The van der Waals surface area contributed by atoms with E-state index in [2.05, 4.69) is 19.9 Å². The summed E-state index contributed by atoms with van der Waals surface area (Å²) in [6.45, 7) is 6.13. The van der Waals surface area contributed by atoms with Gasteiger partial charge in [-0.15, -0.1) is 0 Å². The smallest absolute Gasteiger partial charge is 0.338 e. The molecule has 5 aliphatic carbocycles. The van der Waals surface area contributed by atoms with Crippen LogP contribution >= 0.6 is 0 Å². The van der Waals surface area contributed by atoms with Crippen LogP contribution in [0.4, 0.5) is 0 Å². The molecular weight excluding hydrogens is 428 g/mol. The van der Waals surface area contributed by atoms with Crippen LogP contribution in [0.15, 0.2) is 42.5 Å². The molecule has 0 aromatic heterocycles. The van der Waals surface area contributed by atoms with E-state index in [0.717, 1.165) is 32.1 Å². The summed E-state index contributed by atoms with van der Waals surface area (Å²) < 4.78 is 11.7. The Bertz CT molecular complexity index is 1030. The van der Waals surface area contributed by atoms with Crippen LogP contribution in [0.2, 0.25) is 0 Å². The lowest BCUT2D eigenvalue weighted by Crippen LogP contribution is -2.61. The topological polar surface area (TPSA) is 72.8 Å². The third kappa shape index (κ3) is 3.08. The number of fused-ring (bicyclic) bond motifs is 7. The zero-order chi connectivity index (χ0) is 23.9. The van der Waals surface area contributed by atoms with Crippen LogP contribution in [-0.2, 0) is 14.3 Å². The third-order valence-electron chi connectivity index (χ3n) is 10.5. The van der Waals surface area contributed by atoms with E-state index in [1.165, 1.54) is 6.92 Å². The van der Waals surface area contributed by atoms with Crippen LogP contribution in [0.5, 0.6) is 0 Å². The molecule has 0 amide bonds.